The molecule has 0 spiro atoms. The average molecular weight is 228 g/mol. The number of hydrogen-bond acceptors (Lipinski definition) is 2. The van der Waals surface area contributed by atoms with Gasteiger partial charge in [-0.25, -0.2) is 0 Å². The lowest BCUT2D eigenvalue weighted by atomic mass is 9.86. The third-order valence-corrected chi connectivity index (χ3v) is 3.21. The summed E-state index contributed by atoms with van der Waals surface area (Å²) in [5, 5.41) is 3.58. The summed E-state index contributed by atoms with van der Waals surface area (Å²) in [4.78, 5) is 0. The molecule has 0 saturated heterocycles. The van der Waals surface area contributed by atoms with Crippen LogP contribution in [0.4, 0.5) is 0 Å². The van der Waals surface area contributed by atoms with E-state index in [0.717, 1.165) is 26.1 Å². The lowest BCUT2D eigenvalue weighted by molar-refractivity contribution is 0.294. The van der Waals surface area contributed by atoms with Crippen LogP contribution in [0.1, 0.15) is 59.8 Å². The van der Waals surface area contributed by atoms with Crippen LogP contribution in [-0.4, -0.2) is 19.6 Å². The Morgan fingerprint density at radius 1 is 1.25 bits per heavy atom. The van der Waals surface area contributed by atoms with Crippen molar-refractivity contribution >= 4 is 0 Å². The molecule has 0 fully saturated rings. The fraction of sp³-hybridized carbons (Fsp3) is 1.00. The van der Waals surface area contributed by atoms with Gasteiger partial charge in [-0.1, -0.05) is 47.0 Å². The predicted molar refractivity (Wildman–Crippen MR) is 73.6 cm³/mol. The molecule has 0 saturated carbocycles. The summed E-state index contributed by atoms with van der Waals surface area (Å²) >= 11 is 0. The third kappa shape index (κ3) is 9.17. The normalized spacial score (nSPS) is 14.1. The lowest BCUT2D eigenvalue weighted by Gasteiger charge is -2.26. The first kappa shape index (κ1) is 15.9. The average Bonchev–Trinajstić information content (AvgIpc) is 2.18. The van der Waals surface area contributed by atoms with Crippen LogP contribution in [0.25, 0.3) is 0 Å². The maximum Gasteiger partial charge on any atom is 0.000263 e. The highest BCUT2D eigenvalue weighted by molar-refractivity contribution is 4.72. The number of unbranched alkanes of at least 4 members (excludes halogenated alkanes) is 2. The second-order valence-corrected chi connectivity index (χ2v) is 5.93. The lowest BCUT2D eigenvalue weighted by Crippen LogP contribution is -2.32. The van der Waals surface area contributed by atoms with E-state index in [1.54, 1.807) is 0 Å². The van der Waals surface area contributed by atoms with Crippen molar-refractivity contribution in [3.05, 3.63) is 0 Å². The van der Waals surface area contributed by atoms with Crippen molar-refractivity contribution in [1.29, 1.82) is 0 Å². The first-order chi connectivity index (χ1) is 7.52. The molecule has 2 heteroatoms. The molecule has 0 aliphatic carbocycles. The predicted octanol–water partition coefficient (Wildman–Crippen LogP) is 3.17. The van der Waals surface area contributed by atoms with Gasteiger partial charge in [0, 0.05) is 6.54 Å². The summed E-state index contributed by atoms with van der Waals surface area (Å²) in [5.41, 5.74) is 5.98. The smallest absolute Gasteiger partial charge is 0.000263 e. The van der Waals surface area contributed by atoms with Gasteiger partial charge in [-0.3, -0.25) is 0 Å². The van der Waals surface area contributed by atoms with E-state index >= 15 is 0 Å². The van der Waals surface area contributed by atoms with Gasteiger partial charge in [0.1, 0.15) is 0 Å². The summed E-state index contributed by atoms with van der Waals surface area (Å²) in [6, 6.07) is 0. The van der Waals surface area contributed by atoms with Crippen molar-refractivity contribution in [2.24, 2.45) is 17.1 Å². The van der Waals surface area contributed by atoms with Crippen LogP contribution in [-0.2, 0) is 0 Å². The molecule has 0 amide bonds. The fourth-order valence-corrected chi connectivity index (χ4v) is 1.99. The Labute approximate surface area is 102 Å². The minimum atomic E-state index is 0.442. The first-order valence-electron chi connectivity index (χ1n) is 6.92. The molecule has 0 aliphatic rings. The molecule has 0 aromatic rings. The second-order valence-electron chi connectivity index (χ2n) is 5.93. The Morgan fingerprint density at radius 2 is 1.94 bits per heavy atom. The topological polar surface area (TPSA) is 38.0 Å². The maximum atomic E-state index is 5.54. The van der Waals surface area contributed by atoms with E-state index in [9.17, 15) is 0 Å². The van der Waals surface area contributed by atoms with Gasteiger partial charge in [0.15, 0.2) is 0 Å². The van der Waals surface area contributed by atoms with E-state index in [0.29, 0.717) is 11.3 Å². The van der Waals surface area contributed by atoms with E-state index in [1.165, 1.54) is 25.7 Å². The SMILES string of the molecule is CCCCCC(C)(C)CNCC(C)CCN. The summed E-state index contributed by atoms with van der Waals surface area (Å²) in [5.74, 6) is 0.705. The Hall–Kier alpha value is -0.0800. The molecule has 2 nitrogen and oxygen atoms in total. The summed E-state index contributed by atoms with van der Waals surface area (Å²) in [6.45, 7) is 12.3. The van der Waals surface area contributed by atoms with Crippen LogP contribution in [0.15, 0.2) is 0 Å². The van der Waals surface area contributed by atoms with Crippen LogP contribution < -0.4 is 11.1 Å². The van der Waals surface area contributed by atoms with Crippen molar-refractivity contribution in [3.63, 3.8) is 0 Å². The Balaban J connectivity index is 3.56. The highest BCUT2D eigenvalue weighted by atomic mass is 14.9. The quantitative estimate of drug-likeness (QED) is 0.564. The minimum Gasteiger partial charge on any atom is -0.330 e. The zero-order chi connectivity index (χ0) is 12.4. The molecule has 0 aliphatic heterocycles. The molecule has 1 atom stereocenters. The van der Waals surface area contributed by atoms with Gasteiger partial charge < -0.3 is 11.1 Å². The van der Waals surface area contributed by atoms with E-state index in [2.05, 4.69) is 33.0 Å². The highest BCUT2D eigenvalue weighted by Gasteiger charge is 2.16. The standard InChI is InChI=1S/C14H32N2/c1-5-6-7-9-14(3,4)12-16-11-13(2)8-10-15/h13,16H,5-12,15H2,1-4H3. The van der Waals surface area contributed by atoms with Gasteiger partial charge in [0.25, 0.3) is 0 Å². The molecule has 3 N–H and O–H groups in total. The Morgan fingerprint density at radius 3 is 2.50 bits per heavy atom. The van der Waals surface area contributed by atoms with Gasteiger partial charge in [0.05, 0.1) is 0 Å². The summed E-state index contributed by atoms with van der Waals surface area (Å²) in [7, 11) is 0. The second kappa shape index (κ2) is 9.00. The third-order valence-electron chi connectivity index (χ3n) is 3.21. The Kier molecular flexibility index (Phi) is 8.96. The van der Waals surface area contributed by atoms with Crippen LogP contribution in [0, 0.1) is 11.3 Å². The largest absolute Gasteiger partial charge is 0.330 e. The molecule has 0 rings (SSSR count). The highest BCUT2D eigenvalue weighted by Crippen LogP contribution is 2.22. The zero-order valence-corrected chi connectivity index (χ0v) is 11.8. The van der Waals surface area contributed by atoms with Crippen molar-refractivity contribution in [2.75, 3.05) is 19.6 Å². The van der Waals surface area contributed by atoms with Gasteiger partial charge in [-0.2, -0.15) is 0 Å². The minimum absolute atomic E-state index is 0.442. The van der Waals surface area contributed by atoms with Crippen LogP contribution in [0.2, 0.25) is 0 Å². The number of nitrogens with one attached hydrogen (secondary N) is 1. The number of rotatable bonds is 10. The number of hydrogen-bond donors (Lipinski definition) is 2. The molecule has 0 aromatic carbocycles. The molecule has 16 heavy (non-hydrogen) atoms. The molecule has 0 radical (unpaired) electrons. The van der Waals surface area contributed by atoms with Crippen molar-refractivity contribution in [1.82, 2.24) is 5.32 Å². The summed E-state index contributed by atoms with van der Waals surface area (Å²) < 4.78 is 0. The van der Waals surface area contributed by atoms with Gasteiger partial charge >= 0.3 is 0 Å². The molecule has 1 unspecified atom stereocenters. The first-order valence-corrected chi connectivity index (χ1v) is 6.92. The van der Waals surface area contributed by atoms with Gasteiger partial charge in [0.2, 0.25) is 0 Å². The van der Waals surface area contributed by atoms with Crippen LogP contribution in [0.5, 0.6) is 0 Å². The molecule has 98 valence electrons. The summed E-state index contributed by atoms with van der Waals surface area (Å²) in [6.07, 6.45) is 6.51. The van der Waals surface area contributed by atoms with Gasteiger partial charge in [-0.05, 0) is 37.3 Å². The number of nitrogens with two attached hydrogens (primary N) is 1. The molecular formula is C14H32N2. The monoisotopic (exact) mass is 228 g/mol. The molecular weight excluding hydrogens is 196 g/mol. The maximum absolute atomic E-state index is 5.54. The molecule has 0 bridgehead atoms. The van der Waals surface area contributed by atoms with Crippen molar-refractivity contribution in [3.8, 4) is 0 Å². The Bertz CT molecular complexity index is 155. The zero-order valence-electron chi connectivity index (χ0n) is 11.8. The van der Waals surface area contributed by atoms with Crippen molar-refractivity contribution < 1.29 is 0 Å². The van der Waals surface area contributed by atoms with E-state index in [4.69, 9.17) is 5.73 Å². The van der Waals surface area contributed by atoms with Gasteiger partial charge in [-0.15, -0.1) is 0 Å². The van der Waals surface area contributed by atoms with E-state index < -0.39 is 0 Å². The molecule has 0 aromatic heterocycles. The van der Waals surface area contributed by atoms with Crippen LogP contribution in [0.3, 0.4) is 0 Å². The molecule has 0 heterocycles. The van der Waals surface area contributed by atoms with E-state index in [1.807, 2.05) is 0 Å². The van der Waals surface area contributed by atoms with Crippen molar-refractivity contribution in [2.45, 2.75) is 59.8 Å². The van der Waals surface area contributed by atoms with E-state index in [-0.39, 0.29) is 0 Å². The fourth-order valence-electron chi connectivity index (χ4n) is 1.99. The van der Waals surface area contributed by atoms with Crippen LogP contribution >= 0.6 is 0 Å².